The molecule has 1 saturated heterocycles. The van der Waals surface area contributed by atoms with Gasteiger partial charge in [-0.05, 0) is 12.1 Å². The fourth-order valence-corrected chi connectivity index (χ4v) is 3.43. The minimum Gasteiger partial charge on any atom is -0.456 e. The van der Waals surface area contributed by atoms with Gasteiger partial charge in [0.25, 0.3) is 5.72 Å². The molecule has 1 fully saturated rings. The number of halogens is 3. The molecule has 0 radical (unpaired) electrons. The Morgan fingerprint density at radius 2 is 1.89 bits per heavy atom. The highest BCUT2D eigenvalue weighted by Crippen LogP contribution is 2.54. The van der Waals surface area contributed by atoms with E-state index in [1.807, 2.05) is 0 Å². The number of hydrogen-bond acceptors (Lipinski definition) is 3. The summed E-state index contributed by atoms with van der Waals surface area (Å²) in [5, 5.41) is -1.25. The Hall–Kier alpha value is -0.970. The van der Waals surface area contributed by atoms with Crippen molar-refractivity contribution in [3.05, 3.63) is 29.8 Å². The molecule has 7 heteroatoms. The third-order valence-corrected chi connectivity index (χ3v) is 5.17. The zero-order valence-corrected chi connectivity index (χ0v) is 12.0. The van der Waals surface area contributed by atoms with Gasteiger partial charge in [-0.1, -0.05) is 35.3 Å². The summed E-state index contributed by atoms with van der Waals surface area (Å²) in [5.41, 5.74) is -1.47. The van der Waals surface area contributed by atoms with Crippen molar-refractivity contribution >= 4 is 46.5 Å². The molecule has 0 aliphatic carbocycles. The summed E-state index contributed by atoms with van der Waals surface area (Å²) in [4.78, 5) is 25.6. The van der Waals surface area contributed by atoms with Crippen LogP contribution in [0.1, 0.15) is 10.4 Å². The van der Waals surface area contributed by atoms with Crippen molar-refractivity contribution in [1.29, 1.82) is 0 Å². The van der Waals surface area contributed by atoms with Crippen LogP contribution in [0.15, 0.2) is 24.3 Å². The lowest BCUT2D eigenvalue weighted by atomic mass is 10.0. The van der Waals surface area contributed by atoms with Crippen LogP contribution in [0.2, 0.25) is 0 Å². The number of likely N-dealkylation sites (N-methyl/N-ethyl adjacent to an activating group) is 1. The van der Waals surface area contributed by atoms with Crippen LogP contribution in [0.25, 0.3) is 0 Å². The summed E-state index contributed by atoms with van der Waals surface area (Å²) >= 11 is 18.3. The number of carbonyl (C=O) groups excluding carboxylic acids is 2. The summed E-state index contributed by atoms with van der Waals surface area (Å²) in [6.45, 7) is 0. The molecule has 1 spiro atoms. The van der Waals surface area contributed by atoms with Crippen molar-refractivity contribution in [3.8, 4) is 5.75 Å². The van der Waals surface area contributed by atoms with Crippen LogP contribution >= 0.6 is 34.8 Å². The number of carbonyl (C=O) groups is 2. The zero-order chi connectivity index (χ0) is 14.0. The van der Waals surface area contributed by atoms with Gasteiger partial charge in [0.1, 0.15) is 5.75 Å². The predicted octanol–water partition coefficient (Wildman–Crippen LogP) is 2.21. The van der Waals surface area contributed by atoms with E-state index in [1.165, 1.54) is 7.05 Å². The highest BCUT2D eigenvalue weighted by molar-refractivity contribution is 6.59. The summed E-state index contributed by atoms with van der Waals surface area (Å²) in [7, 11) is 1.40. The molecule has 2 heterocycles. The molecule has 2 atom stereocenters. The number of nitrogens with zero attached hydrogens (tertiary/aromatic N) is 1. The van der Waals surface area contributed by atoms with Gasteiger partial charge in [-0.25, -0.2) is 0 Å². The summed E-state index contributed by atoms with van der Waals surface area (Å²) in [6.07, 6.45) is 0. The third-order valence-electron chi connectivity index (χ3n) is 3.49. The average molecular weight is 321 g/mol. The first-order valence-corrected chi connectivity index (χ1v) is 6.65. The second kappa shape index (κ2) is 3.78. The number of hydrogen-bond donors (Lipinski definition) is 0. The number of fused-ring (bicyclic) bond motifs is 1. The number of alkyl halides is 3. The second-order valence-corrected chi connectivity index (χ2v) is 6.28. The average Bonchev–Trinajstić information content (AvgIpc) is 2.76. The summed E-state index contributed by atoms with van der Waals surface area (Å²) in [6, 6.07) is 6.62. The Kier molecular flexibility index (Phi) is 2.59. The maximum absolute atomic E-state index is 12.6. The summed E-state index contributed by atoms with van der Waals surface area (Å²) < 4.78 is 3.78. The number of rotatable bonds is 0. The van der Waals surface area contributed by atoms with Gasteiger partial charge >= 0.3 is 0 Å². The minimum atomic E-state index is -1.86. The first-order chi connectivity index (χ1) is 8.84. The molecule has 19 heavy (non-hydrogen) atoms. The van der Waals surface area contributed by atoms with E-state index in [2.05, 4.69) is 0 Å². The van der Waals surface area contributed by atoms with Crippen molar-refractivity contribution in [2.75, 3.05) is 7.05 Å². The van der Waals surface area contributed by atoms with Crippen LogP contribution in [-0.4, -0.2) is 39.1 Å². The number of ether oxygens (including phenoxy) is 1. The minimum absolute atomic E-state index is 0.332. The van der Waals surface area contributed by atoms with Gasteiger partial charge in [0.05, 0.1) is 5.56 Å². The van der Waals surface area contributed by atoms with E-state index in [0.29, 0.717) is 11.3 Å². The van der Waals surface area contributed by atoms with Gasteiger partial charge in [-0.2, -0.15) is 0 Å². The Bertz CT molecular complexity index is 604. The summed E-state index contributed by atoms with van der Waals surface area (Å²) in [5.74, 6) is -0.677. The van der Waals surface area contributed by atoms with Crippen LogP contribution in [0, 0.1) is 0 Å². The van der Waals surface area contributed by atoms with E-state index in [0.717, 1.165) is 4.90 Å². The van der Waals surface area contributed by atoms with Crippen molar-refractivity contribution in [3.63, 3.8) is 0 Å². The number of ketones is 1. The molecule has 2 aliphatic heterocycles. The number of para-hydroxylation sites is 1. The molecular weight excluding hydrogens is 312 g/mol. The van der Waals surface area contributed by atoms with E-state index >= 15 is 0 Å². The largest absolute Gasteiger partial charge is 0.456 e. The lowest BCUT2D eigenvalue weighted by Gasteiger charge is -2.35. The van der Waals surface area contributed by atoms with Gasteiger partial charge in [-0.15, -0.1) is 11.6 Å². The maximum Gasteiger partial charge on any atom is 0.284 e. The van der Waals surface area contributed by atoms with E-state index in [1.54, 1.807) is 24.3 Å². The highest BCUT2D eigenvalue weighted by Gasteiger charge is 2.74. The van der Waals surface area contributed by atoms with Crippen LogP contribution in [0.4, 0.5) is 0 Å². The normalized spacial score (nSPS) is 31.8. The highest BCUT2D eigenvalue weighted by atomic mass is 35.5. The van der Waals surface area contributed by atoms with Gasteiger partial charge in [-0.3, -0.25) is 14.5 Å². The monoisotopic (exact) mass is 319 g/mol. The van der Waals surface area contributed by atoms with Crippen LogP contribution in [0.3, 0.4) is 0 Å². The maximum atomic E-state index is 12.6. The van der Waals surface area contributed by atoms with Crippen LogP contribution in [0.5, 0.6) is 5.75 Å². The molecule has 1 amide bonds. The standard InChI is InChI=1S/C12H8Cl3NO3/c1-16-10(18)8(13)11(14,15)12(16)9(17)6-4-2-3-5-7(6)19-12/h2-5,8H,1H3. The van der Waals surface area contributed by atoms with E-state index in [-0.39, 0.29) is 0 Å². The smallest absolute Gasteiger partial charge is 0.284 e. The molecule has 1 aromatic rings. The van der Waals surface area contributed by atoms with Crippen molar-refractivity contribution in [2.45, 2.75) is 15.4 Å². The molecule has 0 aromatic heterocycles. The Morgan fingerprint density at radius 3 is 2.42 bits per heavy atom. The fourth-order valence-electron chi connectivity index (χ4n) is 2.45. The van der Waals surface area contributed by atoms with Crippen molar-refractivity contribution < 1.29 is 14.3 Å². The second-order valence-electron chi connectivity index (χ2n) is 4.45. The van der Waals surface area contributed by atoms with Gasteiger partial charge in [0.15, 0.2) is 5.38 Å². The molecule has 0 saturated carbocycles. The zero-order valence-electron chi connectivity index (χ0n) is 9.69. The molecule has 0 N–H and O–H groups in total. The Morgan fingerprint density at radius 1 is 1.26 bits per heavy atom. The number of benzene rings is 1. The molecule has 3 rings (SSSR count). The van der Waals surface area contributed by atoms with E-state index in [9.17, 15) is 9.59 Å². The lowest BCUT2D eigenvalue weighted by molar-refractivity contribution is -0.133. The fraction of sp³-hybridized carbons (Fsp3) is 0.333. The molecule has 0 bridgehead atoms. The SMILES string of the molecule is CN1C(=O)C(Cl)C(Cl)(Cl)C12Oc1ccccc1C2=O. The van der Waals surface area contributed by atoms with E-state index in [4.69, 9.17) is 39.5 Å². The first-order valence-electron chi connectivity index (χ1n) is 5.46. The first kappa shape index (κ1) is 13.0. The van der Waals surface area contributed by atoms with Crippen molar-refractivity contribution in [2.24, 2.45) is 0 Å². The predicted molar refractivity (Wildman–Crippen MR) is 71.0 cm³/mol. The molecule has 2 unspecified atom stereocenters. The van der Waals surface area contributed by atoms with Crippen LogP contribution in [-0.2, 0) is 4.79 Å². The third kappa shape index (κ3) is 1.32. The quantitative estimate of drug-likeness (QED) is 0.689. The van der Waals surface area contributed by atoms with Gasteiger partial charge in [0.2, 0.25) is 16.0 Å². The lowest BCUT2D eigenvalue weighted by Crippen LogP contribution is -2.60. The Labute approximate surface area is 124 Å². The molecule has 4 nitrogen and oxygen atoms in total. The Balaban J connectivity index is 2.22. The number of Topliss-reactive ketones (excluding diaryl/α,β-unsaturated/α-hetero) is 1. The van der Waals surface area contributed by atoms with Gasteiger partial charge < -0.3 is 4.74 Å². The topological polar surface area (TPSA) is 46.6 Å². The van der Waals surface area contributed by atoms with Gasteiger partial charge in [0, 0.05) is 7.05 Å². The number of amides is 1. The molecule has 1 aromatic carbocycles. The molecule has 100 valence electrons. The van der Waals surface area contributed by atoms with Crippen LogP contribution < -0.4 is 4.74 Å². The van der Waals surface area contributed by atoms with E-state index < -0.39 is 27.1 Å². The molecular formula is C12H8Cl3NO3. The van der Waals surface area contributed by atoms with Crippen molar-refractivity contribution in [1.82, 2.24) is 4.90 Å². The number of likely N-dealkylation sites (tertiary alicyclic amines) is 1. The molecule has 2 aliphatic rings.